The van der Waals surface area contributed by atoms with E-state index >= 15 is 0 Å². The highest BCUT2D eigenvalue weighted by atomic mass is 35.5. The van der Waals surface area contributed by atoms with Crippen LogP contribution in [0.15, 0.2) is 18.2 Å². The van der Waals surface area contributed by atoms with Gasteiger partial charge in [-0.2, -0.15) is 0 Å². The molecule has 2 atom stereocenters. The molecule has 2 unspecified atom stereocenters. The third-order valence-corrected chi connectivity index (χ3v) is 3.96. The molecular formula is C13H14Cl2N2O4. The zero-order chi connectivity index (χ0) is 15.6. The van der Waals surface area contributed by atoms with Crippen LogP contribution < -0.4 is 5.32 Å². The van der Waals surface area contributed by atoms with Crippen molar-refractivity contribution in [1.29, 1.82) is 0 Å². The number of anilines is 1. The molecule has 114 valence electrons. The number of halogens is 2. The summed E-state index contributed by atoms with van der Waals surface area (Å²) in [6.07, 6.45) is -0.612. The topological polar surface area (TPSA) is 89.9 Å². The van der Waals surface area contributed by atoms with Crippen molar-refractivity contribution in [2.24, 2.45) is 0 Å². The van der Waals surface area contributed by atoms with Gasteiger partial charge in [0.2, 0.25) is 5.91 Å². The third-order valence-electron chi connectivity index (χ3n) is 3.22. The summed E-state index contributed by atoms with van der Waals surface area (Å²) in [7, 11) is 0. The minimum Gasteiger partial charge on any atom is -0.480 e. The molecule has 0 aromatic heterocycles. The van der Waals surface area contributed by atoms with E-state index in [0.717, 1.165) is 0 Å². The summed E-state index contributed by atoms with van der Waals surface area (Å²) in [5.74, 6) is -1.43. The largest absolute Gasteiger partial charge is 0.480 e. The van der Waals surface area contributed by atoms with Gasteiger partial charge in [-0.05, 0) is 18.2 Å². The number of carboxylic acid groups (broad SMARTS) is 1. The molecule has 0 aliphatic carbocycles. The molecule has 1 aromatic carbocycles. The van der Waals surface area contributed by atoms with Crippen LogP contribution in [-0.4, -0.2) is 52.2 Å². The smallest absolute Gasteiger partial charge is 0.321 e. The lowest BCUT2D eigenvalue weighted by molar-refractivity contribution is -0.142. The summed E-state index contributed by atoms with van der Waals surface area (Å²) in [6.45, 7) is 0.0417. The van der Waals surface area contributed by atoms with Gasteiger partial charge in [0.05, 0.1) is 22.7 Å². The molecule has 0 radical (unpaired) electrons. The first-order valence-corrected chi connectivity index (χ1v) is 7.02. The van der Waals surface area contributed by atoms with Crippen molar-refractivity contribution >= 4 is 40.8 Å². The molecular weight excluding hydrogens is 319 g/mol. The van der Waals surface area contributed by atoms with Crippen LogP contribution in [0.3, 0.4) is 0 Å². The third kappa shape index (κ3) is 4.07. The first kappa shape index (κ1) is 16.0. The predicted octanol–water partition coefficient (Wildman–Crippen LogP) is 1.45. The highest BCUT2D eigenvalue weighted by molar-refractivity contribution is 6.42. The Morgan fingerprint density at radius 2 is 2.05 bits per heavy atom. The number of carbonyl (C=O) groups is 2. The van der Waals surface area contributed by atoms with Crippen LogP contribution in [0.25, 0.3) is 0 Å². The van der Waals surface area contributed by atoms with E-state index in [1.165, 1.54) is 11.0 Å². The van der Waals surface area contributed by atoms with Crippen LogP contribution in [0.4, 0.5) is 5.69 Å². The van der Waals surface area contributed by atoms with Gasteiger partial charge in [-0.25, -0.2) is 0 Å². The SMILES string of the molecule is O=C(CN1CC(O)CC1C(=O)O)Nc1ccc(Cl)c(Cl)c1. The molecule has 1 aliphatic heterocycles. The molecule has 1 heterocycles. The van der Waals surface area contributed by atoms with Gasteiger partial charge in [-0.1, -0.05) is 23.2 Å². The van der Waals surface area contributed by atoms with E-state index in [1.54, 1.807) is 12.1 Å². The second kappa shape index (κ2) is 6.62. The van der Waals surface area contributed by atoms with Gasteiger partial charge < -0.3 is 15.5 Å². The molecule has 3 N–H and O–H groups in total. The molecule has 0 bridgehead atoms. The Morgan fingerprint density at radius 1 is 1.33 bits per heavy atom. The van der Waals surface area contributed by atoms with Crippen molar-refractivity contribution < 1.29 is 19.8 Å². The van der Waals surface area contributed by atoms with Gasteiger partial charge in [-0.3, -0.25) is 14.5 Å². The molecule has 0 spiro atoms. The minimum atomic E-state index is -1.05. The van der Waals surface area contributed by atoms with Gasteiger partial charge >= 0.3 is 5.97 Å². The Balaban J connectivity index is 1.97. The van der Waals surface area contributed by atoms with E-state index < -0.39 is 18.1 Å². The Bertz CT molecular complexity index is 567. The second-order valence-corrected chi connectivity index (χ2v) is 5.66. The highest BCUT2D eigenvalue weighted by Gasteiger charge is 2.36. The number of aliphatic hydroxyl groups is 1. The van der Waals surface area contributed by atoms with Crippen LogP contribution in [0.5, 0.6) is 0 Å². The predicted molar refractivity (Wildman–Crippen MR) is 78.7 cm³/mol. The fourth-order valence-electron chi connectivity index (χ4n) is 2.27. The molecule has 2 rings (SSSR count). The molecule has 1 saturated heterocycles. The standard InChI is InChI=1S/C13H14Cl2N2O4/c14-9-2-1-7(3-10(9)15)16-12(19)6-17-5-8(18)4-11(17)13(20)21/h1-3,8,11,18H,4-6H2,(H,16,19)(H,20,21). The first-order valence-electron chi connectivity index (χ1n) is 6.26. The maximum Gasteiger partial charge on any atom is 0.321 e. The van der Waals surface area contributed by atoms with E-state index in [0.29, 0.717) is 15.7 Å². The van der Waals surface area contributed by atoms with Crippen LogP contribution >= 0.6 is 23.2 Å². The number of nitrogens with zero attached hydrogens (tertiary/aromatic N) is 1. The number of carbonyl (C=O) groups excluding carboxylic acids is 1. The fourth-order valence-corrected chi connectivity index (χ4v) is 2.57. The summed E-state index contributed by atoms with van der Waals surface area (Å²) in [5, 5.41) is 21.9. The van der Waals surface area contributed by atoms with Crippen molar-refractivity contribution in [2.75, 3.05) is 18.4 Å². The Morgan fingerprint density at radius 3 is 2.67 bits per heavy atom. The normalized spacial score (nSPS) is 22.2. The second-order valence-electron chi connectivity index (χ2n) is 4.85. The maximum atomic E-state index is 11.9. The molecule has 21 heavy (non-hydrogen) atoms. The molecule has 1 aliphatic rings. The monoisotopic (exact) mass is 332 g/mol. The van der Waals surface area contributed by atoms with Crippen LogP contribution in [0.1, 0.15) is 6.42 Å². The lowest BCUT2D eigenvalue weighted by Crippen LogP contribution is -2.41. The zero-order valence-electron chi connectivity index (χ0n) is 10.9. The summed E-state index contributed by atoms with van der Waals surface area (Å²) < 4.78 is 0. The molecule has 1 amide bonds. The van der Waals surface area contributed by atoms with E-state index in [-0.39, 0.29) is 25.4 Å². The average Bonchev–Trinajstić information content (AvgIpc) is 2.75. The van der Waals surface area contributed by atoms with Crippen LogP contribution in [-0.2, 0) is 9.59 Å². The Hall–Kier alpha value is -1.34. The number of β-amino-alcohol motifs (C(OH)–C–C–N with tert-alkyl or cyclic N) is 1. The quantitative estimate of drug-likeness (QED) is 0.776. The summed E-state index contributed by atoms with van der Waals surface area (Å²) in [4.78, 5) is 24.4. The van der Waals surface area contributed by atoms with E-state index in [2.05, 4.69) is 5.32 Å². The van der Waals surface area contributed by atoms with Gasteiger partial charge in [-0.15, -0.1) is 0 Å². The van der Waals surface area contributed by atoms with Gasteiger partial charge in [0.25, 0.3) is 0 Å². The first-order chi connectivity index (χ1) is 9.86. The zero-order valence-corrected chi connectivity index (χ0v) is 12.4. The lowest BCUT2D eigenvalue weighted by atomic mass is 10.2. The van der Waals surface area contributed by atoms with Gasteiger partial charge in [0.15, 0.2) is 0 Å². The van der Waals surface area contributed by atoms with E-state index in [1.807, 2.05) is 0 Å². The number of aliphatic hydroxyl groups excluding tert-OH is 1. The Labute approximate surface area is 131 Å². The minimum absolute atomic E-state index is 0.117. The van der Waals surface area contributed by atoms with Crippen LogP contribution in [0.2, 0.25) is 10.0 Å². The number of likely N-dealkylation sites (tertiary alicyclic amines) is 1. The maximum absolute atomic E-state index is 11.9. The van der Waals surface area contributed by atoms with Crippen molar-refractivity contribution in [3.63, 3.8) is 0 Å². The van der Waals surface area contributed by atoms with Crippen molar-refractivity contribution in [3.8, 4) is 0 Å². The summed E-state index contributed by atoms with van der Waals surface area (Å²) in [5.41, 5.74) is 0.473. The average molecular weight is 333 g/mol. The lowest BCUT2D eigenvalue weighted by Gasteiger charge is -2.20. The van der Waals surface area contributed by atoms with Gasteiger partial charge in [0.1, 0.15) is 6.04 Å². The van der Waals surface area contributed by atoms with E-state index in [9.17, 15) is 14.7 Å². The van der Waals surface area contributed by atoms with Crippen molar-refractivity contribution in [1.82, 2.24) is 4.90 Å². The van der Waals surface area contributed by atoms with E-state index in [4.69, 9.17) is 28.3 Å². The Kier molecular flexibility index (Phi) is 5.05. The van der Waals surface area contributed by atoms with Crippen molar-refractivity contribution in [2.45, 2.75) is 18.6 Å². The summed E-state index contributed by atoms with van der Waals surface area (Å²) >= 11 is 11.6. The molecule has 1 aromatic rings. The molecule has 8 heteroatoms. The molecule has 6 nitrogen and oxygen atoms in total. The number of rotatable bonds is 4. The molecule has 1 fully saturated rings. The molecule has 0 saturated carbocycles. The number of hydrogen-bond acceptors (Lipinski definition) is 4. The number of nitrogens with one attached hydrogen (secondary N) is 1. The number of hydrogen-bond donors (Lipinski definition) is 3. The van der Waals surface area contributed by atoms with Crippen LogP contribution in [0, 0.1) is 0 Å². The summed E-state index contributed by atoms with van der Waals surface area (Å²) in [6, 6.07) is 3.81. The highest BCUT2D eigenvalue weighted by Crippen LogP contribution is 2.25. The number of carboxylic acids is 1. The fraction of sp³-hybridized carbons (Fsp3) is 0.385. The number of aliphatic carboxylic acids is 1. The van der Waals surface area contributed by atoms with Crippen molar-refractivity contribution in [3.05, 3.63) is 28.2 Å². The number of amides is 1. The number of benzene rings is 1. The van der Waals surface area contributed by atoms with Gasteiger partial charge in [0, 0.05) is 18.7 Å².